The Labute approximate surface area is 106 Å². The number of nitrogens with one attached hydrogen (secondary N) is 1. The van der Waals surface area contributed by atoms with Gasteiger partial charge >= 0.3 is 0 Å². The van der Waals surface area contributed by atoms with Crippen molar-refractivity contribution in [3.63, 3.8) is 0 Å². The van der Waals surface area contributed by atoms with Gasteiger partial charge in [-0.3, -0.25) is 0 Å². The van der Waals surface area contributed by atoms with Crippen LogP contribution in [-0.4, -0.2) is 9.48 Å². The second-order valence-corrected chi connectivity index (χ2v) is 4.53. The van der Waals surface area contributed by atoms with E-state index < -0.39 is 17.9 Å². The van der Waals surface area contributed by atoms with Gasteiger partial charge in [0.1, 0.15) is 5.00 Å². The number of aliphatic hydroxyl groups is 1. The van der Waals surface area contributed by atoms with Gasteiger partial charge in [0.25, 0.3) is 0 Å². The van der Waals surface area contributed by atoms with Crippen LogP contribution in [0.15, 0.2) is 18.2 Å². The average molecular weight is 271 g/mol. The van der Waals surface area contributed by atoms with E-state index in [0.29, 0.717) is 16.3 Å². The van der Waals surface area contributed by atoms with Crippen molar-refractivity contribution in [1.82, 2.24) is 4.37 Å². The summed E-state index contributed by atoms with van der Waals surface area (Å²) in [7, 11) is 0. The van der Waals surface area contributed by atoms with Crippen LogP contribution in [0.1, 0.15) is 17.5 Å². The first-order valence-electron chi connectivity index (χ1n) is 5.10. The molecule has 18 heavy (non-hydrogen) atoms. The maximum absolute atomic E-state index is 13.0. The Hall–Kier alpha value is -1.73. The van der Waals surface area contributed by atoms with E-state index in [1.807, 2.05) is 0 Å². The van der Waals surface area contributed by atoms with Gasteiger partial charge in [0.05, 0.1) is 11.3 Å². The molecular formula is C11H11F2N3OS. The standard InChI is InChI=1S/C11H11F2N3OS/c1-5-9(10(14)18-16-5)11(17)15-6-2-3-7(12)8(13)4-6/h2-4,11,15,17H,14H2,1H3. The summed E-state index contributed by atoms with van der Waals surface area (Å²) in [6.07, 6.45) is -1.12. The number of hydrogen-bond acceptors (Lipinski definition) is 5. The molecule has 0 saturated carbocycles. The fourth-order valence-corrected chi connectivity index (χ4v) is 2.23. The molecule has 0 saturated heterocycles. The molecule has 4 nitrogen and oxygen atoms in total. The second-order valence-electron chi connectivity index (χ2n) is 3.72. The van der Waals surface area contributed by atoms with E-state index in [9.17, 15) is 13.9 Å². The lowest BCUT2D eigenvalue weighted by Crippen LogP contribution is -2.12. The number of benzene rings is 1. The second kappa shape index (κ2) is 4.87. The minimum absolute atomic E-state index is 0.256. The molecular weight excluding hydrogens is 260 g/mol. The Kier molecular flexibility index (Phi) is 3.44. The molecule has 0 aliphatic rings. The Bertz CT molecular complexity index is 554. The number of nitrogens with zero attached hydrogens (tertiary/aromatic N) is 1. The molecule has 4 N–H and O–H groups in total. The van der Waals surface area contributed by atoms with Gasteiger partial charge in [-0.25, -0.2) is 8.78 Å². The van der Waals surface area contributed by atoms with Gasteiger partial charge in [-0.05, 0) is 30.6 Å². The SMILES string of the molecule is Cc1nsc(N)c1C(O)Nc1ccc(F)c(F)c1. The summed E-state index contributed by atoms with van der Waals surface area (Å²) in [6, 6.07) is 3.27. The zero-order chi connectivity index (χ0) is 13.3. The number of anilines is 2. The molecule has 2 rings (SSSR count). The van der Waals surface area contributed by atoms with Crippen molar-refractivity contribution < 1.29 is 13.9 Å². The molecule has 1 unspecified atom stereocenters. The largest absolute Gasteiger partial charge is 0.389 e. The molecule has 0 spiro atoms. The van der Waals surface area contributed by atoms with Crippen LogP contribution >= 0.6 is 11.5 Å². The molecule has 0 aliphatic heterocycles. The van der Waals surface area contributed by atoms with E-state index in [0.717, 1.165) is 23.7 Å². The van der Waals surface area contributed by atoms with E-state index >= 15 is 0 Å². The minimum atomic E-state index is -1.12. The Balaban J connectivity index is 2.21. The summed E-state index contributed by atoms with van der Waals surface area (Å²) >= 11 is 1.07. The molecule has 7 heteroatoms. The molecule has 1 heterocycles. The average Bonchev–Trinajstić information content (AvgIpc) is 2.64. The van der Waals surface area contributed by atoms with Crippen LogP contribution in [0.4, 0.5) is 19.5 Å². The van der Waals surface area contributed by atoms with Gasteiger partial charge in [0, 0.05) is 11.8 Å². The number of nitrogens with two attached hydrogens (primary N) is 1. The zero-order valence-electron chi connectivity index (χ0n) is 9.45. The van der Waals surface area contributed by atoms with Gasteiger partial charge in [-0.1, -0.05) is 0 Å². The third kappa shape index (κ3) is 2.41. The maximum atomic E-state index is 13.0. The Morgan fingerprint density at radius 2 is 2.11 bits per heavy atom. The molecule has 0 radical (unpaired) electrons. The highest BCUT2D eigenvalue weighted by Gasteiger charge is 2.17. The van der Waals surface area contributed by atoms with E-state index in [-0.39, 0.29) is 5.69 Å². The monoisotopic (exact) mass is 271 g/mol. The lowest BCUT2D eigenvalue weighted by molar-refractivity contribution is 0.208. The van der Waals surface area contributed by atoms with Crippen molar-refractivity contribution >= 4 is 22.2 Å². The number of aliphatic hydroxyl groups excluding tert-OH is 1. The van der Waals surface area contributed by atoms with Crippen molar-refractivity contribution in [2.75, 3.05) is 11.1 Å². The molecule has 0 fully saturated rings. The molecule has 1 atom stereocenters. The third-order valence-electron chi connectivity index (χ3n) is 2.43. The number of aryl methyl sites for hydroxylation is 1. The maximum Gasteiger partial charge on any atom is 0.160 e. The number of aromatic nitrogens is 1. The van der Waals surface area contributed by atoms with Crippen molar-refractivity contribution in [3.8, 4) is 0 Å². The molecule has 0 aliphatic carbocycles. The van der Waals surface area contributed by atoms with Crippen LogP contribution in [-0.2, 0) is 0 Å². The highest BCUT2D eigenvalue weighted by atomic mass is 32.1. The van der Waals surface area contributed by atoms with Crippen LogP contribution < -0.4 is 11.1 Å². The lowest BCUT2D eigenvalue weighted by Gasteiger charge is -2.14. The summed E-state index contributed by atoms with van der Waals surface area (Å²) in [5, 5.41) is 13.0. The minimum Gasteiger partial charge on any atom is -0.389 e. The van der Waals surface area contributed by atoms with E-state index in [1.165, 1.54) is 6.07 Å². The fraction of sp³-hybridized carbons (Fsp3) is 0.182. The highest BCUT2D eigenvalue weighted by Crippen LogP contribution is 2.28. The van der Waals surface area contributed by atoms with Gasteiger partial charge < -0.3 is 16.2 Å². The van der Waals surface area contributed by atoms with Gasteiger partial charge in [-0.2, -0.15) is 4.37 Å². The van der Waals surface area contributed by atoms with E-state index in [4.69, 9.17) is 5.73 Å². The summed E-state index contributed by atoms with van der Waals surface area (Å²) in [4.78, 5) is 0. The topological polar surface area (TPSA) is 71.2 Å². The van der Waals surface area contributed by atoms with Gasteiger partial charge in [0.2, 0.25) is 0 Å². The first-order valence-corrected chi connectivity index (χ1v) is 5.87. The van der Waals surface area contributed by atoms with Crippen molar-refractivity contribution in [1.29, 1.82) is 0 Å². The number of rotatable bonds is 3. The molecule has 2 aromatic rings. The number of nitrogen functional groups attached to an aromatic ring is 1. The first-order chi connectivity index (χ1) is 8.49. The van der Waals surface area contributed by atoms with Crippen LogP contribution in [0.3, 0.4) is 0 Å². The van der Waals surface area contributed by atoms with Gasteiger partial charge in [-0.15, -0.1) is 0 Å². The summed E-state index contributed by atoms with van der Waals surface area (Å²) in [6.45, 7) is 1.71. The highest BCUT2D eigenvalue weighted by molar-refractivity contribution is 7.10. The van der Waals surface area contributed by atoms with Crippen LogP contribution in [0, 0.1) is 18.6 Å². The molecule has 0 amide bonds. The summed E-state index contributed by atoms with van der Waals surface area (Å²) < 4.78 is 29.7. The predicted molar refractivity (Wildman–Crippen MR) is 66.2 cm³/mol. The quantitative estimate of drug-likeness (QED) is 0.750. The zero-order valence-corrected chi connectivity index (χ0v) is 10.3. The van der Waals surface area contributed by atoms with Crippen LogP contribution in [0.2, 0.25) is 0 Å². The van der Waals surface area contributed by atoms with E-state index in [1.54, 1.807) is 6.92 Å². The Morgan fingerprint density at radius 3 is 2.67 bits per heavy atom. The lowest BCUT2D eigenvalue weighted by atomic mass is 10.2. The number of halogens is 2. The summed E-state index contributed by atoms with van der Waals surface area (Å²) in [5.74, 6) is -1.93. The normalized spacial score (nSPS) is 12.4. The molecule has 0 bridgehead atoms. The molecule has 96 valence electrons. The summed E-state index contributed by atoms with van der Waals surface area (Å²) in [5.41, 5.74) is 6.97. The fourth-order valence-electron chi connectivity index (χ4n) is 1.54. The molecule has 1 aromatic carbocycles. The van der Waals surface area contributed by atoms with Crippen LogP contribution in [0.5, 0.6) is 0 Å². The molecule has 1 aromatic heterocycles. The van der Waals surface area contributed by atoms with Crippen molar-refractivity contribution in [3.05, 3.63) is 41.1 Å². The van der Waals surface area contributed by atoms with Crippen molar-refractivity contribution in [2.24, 2.45) is 0 Å². The van der Waals surface area contributed by atoms with Crippen LogP contribution in [0.25, 0.3) is 0 Å². The van der Waals surface area contributed by atoms with Crippen molar-refractivity contribution in [2.45, 2.75) is 13.2 Å². The third-order valence-corrected chi connectivity index (χ3v) is 3.21. The Morgan fingerprint density at radius 1 is 1.39 bits per heavy atom. The predicted octanol–water partition coefficient (Wildman–Crippen LogP) is 2.41. The van der Waals surface area contributed by atoms with E-state index in [2.05, 4.69) is 9.69 Å². The first kappa shape index (κ1) is 12.7. The number of hydrogen-bond donors (Lipinski definition) is 3. The van der Waals surface area contributed by atoms with Gasteiger partial charge in [0.15, 0.2) is 17.9 Å². The smallest absolute Gasteiger partial charge is 0.160 e.